The number of hydrogen-bond acceptors (Lipinski definition) is 3. The third-order valence-corrected chi connectivity index (χ3v) is 5.17. The lowest BCUT2D eigenvalue weighted by atomic mass is 9.86. The first-order chi connectivity index (χ1) is 11.2. The minimum Gasteiger partial charge on any atom is -0.494 e. The predicted molar refractivity (Wildman–Crippen MR) is 91.0 cm³/mol. The Morgan fingerprint density at radius 1 is 1.17 bits per heavy atom. The molecule has 3 unspecified atom stereocenters. The van der Waals surface area contributed by atoms with Crippen LogP contribution in [0.25, 0.3) is 0 Å². The largest absolute Gasteiger partial charge is 0.494 e. The van der Waals surface area contributed by atoms with Crippen LogP contribution in [0.5, 0.6) is 11.5 Å². The van der Waals surface area contributed by atoms with Crippen molar-refractivity contribution in [1.29, 1.82) is 0 Å². The van der Waals surface area contributed by atoms with Crippen molar-refractivity contribution in [2.24, 2.45) is 17.8 Å². The summed E-state index contributed by atoms with van der Waals surface area (Å²) in [5.41, 5.74) is 0.714. The Bertz CT molecular complexity index is 558. The molecule has 0 heterocycles. The summed E-state index contributed by atoms with van der Waals surface area (Å²) in [5, 5.41) is 3.04. The zero-order valence-corrected chi connectivity index (χ0v) is 14.1. The Hall–Kier alpha value is -1.71. The molecule has 2 saturated carbocycles. The van der Waals surface area contributed by atoms with Crippen molar-refractivity contribution in [3.63, 3.8) is 0 Å². The van der Waals surface area contributed by atoms with Gasteiger partial charge in [-0.15, -0.1) is 0 Å². The number of carbonyl (C=O) groups excluding carboxylic acids is 1. The van der Waals surface area contributed by atoms with Gasteiger partial charge in [0.05, 0.1) is 18.9 Å². The first-order valence-electron chi connectivity index (χ1n) is 8.89. The van der Waals surface area contributed by atoms with Gasteiger partial charge in [-0.05, 0) is 63.0 Å². The molecule has 0 spiro atoms. The molecule has 0 aliphatic heterocycles. The lowest BCUT2D eigenvalue weighted by Crippen LogP contribution is -2.20. The summed E-state index contributed by atoms with van der Waals surface area (Å²) in [4.78, 5) is 12.5. The third-order valence-electron chi connectivity index (χ3n) is 5.17. The van der Waals surface area contributed by atoms with E-state index >= 15 is 0 Å². The molecule has 1 aromatic rings. The van der Waals surface area contributed by atoms with Crippen LogP contribution >= 0.6 is 0 Å². The van der Waals surface area contributed by atoms with Crippen molar-refractivity contribution in [3.05, 3.63) is 18.2 Å². The third kappa shape index (κ3) is 3.80. The van der Waals surface area contributed by atoms with Gasteiger partial charge in [0.1, 0.15) is 11.5 Å². The predicted octanol–water partition coefficient (Wildman–Crippen LogP) is 4.25. The molecule has 0 saturated heterocycles. The number of anilines is 1. The molecule has 2 bridgehead atoms. The van der Waals surface area contributed by atoms with E-state index in [2.05, 4.69) is 5.32 Å². The molecule has 0 aromatic heterocycles. The molecule has 2 aliphatic carbocycles. The first kappa shape index (κ1) is 16.2. The lowest BCUT2D eigenvalue weighted by molar-refractivity contribution is -0.117. The average molecular weight is 317 g/mol. The van der Waals surface area contributed by atoms with Gasteiger partial charge in [-0.3, -0.25) is 4.79 Å². The normalized spacial score (nSPS) is 25.4. The summed E-state index contributed by atoms with van der Waals surface area (Å²) in [6, 6.07) is 5.59. The van der Waals surface area contributed by atoms with Crippen molar-refractivity contribution in [1.82, 2.24) is 0 Å². The van der Waals surface area contributed by atoms with Gasteiger partial charge in [0.15, 0.2) is 0 Å². The van der Waals surface area contributed by atoms with Crippen LogP contribution in [-0.2, 0) is 4.79 Å². The van der Waals surface area contributed by atoms with Crippen LogP contribution < -0.4 is 14.8 Å². The van der Waals surface area contributed by atoms with Gasteiger partial charge in [0.25, 0.3) is 0 Å². The van der Waals surface area contributed by atoms with E-state index in [-0.39, 0.29) is 5.91 Å². The van der Waals surface area contributed by atoms with Gasteiger partial charge >= 0.3 is 0 Å². The lowest BCUT2D eigenvalue weighted by Gasteiger charge is -2.21. The maximum Gasteiger partial charge on any atom is 0.224 e. The molecular weight excluding hydrogens is 290 g/mol. The van der Waals surface area contributed by atoms with Crippen LogP contribution in [0.2, 0.25) is 0 Å². The topological polar surface area (TPSA) is 47.6 Å². The van der Waals surface area contributed by atoms with Crippen molar-refractivity contribution >= 4 is 11.6 Å². The molecule has 3 rings (SSSR count). The average Bonchev–Trinajstić information content (AvgIpc) is 3.13. The molecule has 1 amide bonds. The van der Waals surface area contributed by atoms with E-state index in [1.807, 2.05) is 32.0 Å². The summed E-state index contributed by atoms with van der Waals surface area (Å²) in [7, 11) is 0. The molecule has 1 aromatic carbocycles. The molecule has 4 heteroatoms. The molecular formula is C19H27NO3. The smallest absolute Gasteiger partial charge is 0.224 e. The van der Waals surface area contributed by atoms with Gasteiger partial charge in [-0.1, -0.05) is 6.42 Å². The van der Waals surface area contributed by atoms with Gasteiger partial charge < -0.3 is 14.8 Å². The fourth-order valence-corrected chi connectivity index (χ4v) is 4.21. The van der Waals surface area contributed by atoms with Gasteiger partial charge in [0, 0.05) is 12.5 Å². The van der Waals surface area contributed by atoms with E-state index in [0.717, 1.165) is 17.6 Å². The summed E-state index contributed by atoms with van der Waals surface area (Å²) in [6.07, 6.45) is 5.88. The van der Waals surface area contributed by atoms with Gasteiger partial charge in [0.2, 0.25) is 5.91 Å². The van der Waals surface area contributed by atoms with Crippen LogP contribution in [0.15, 0.2) is 18.2 Å². The van der Waals surface area contributed by atoms with E-state index in [1.165, 1.54) is 25.7 Å². The van der Waals surface area contributed by atoms with Crippen LogP contribution in [0, 0.1) is 17.8 Å². The molecule has 23 heavy (non-hydrogen) atoms. The molecule has 2 fully saturated rings. The second-order valence-corrected chi connectivity index (χ2v) is 6.71. The number of benzene rings is 1. The standard InChI is InChI=1S/C19H27NO3/c1-3-22-16-7-8-18(23-4-2)17(12-16)20-19(21)11-15-10-13-5-6-14(15)9-13/h7-8,12-15H,3-6,9-11H2,1-2H3,(H,20,21). The highest BCUT2D eigenvalue weighted by Crippen LogP contribution is 2.49. The Labute approximate surface area is 138 Å². The van der Waals surface area contributed by atoms with E-state index in [0.29, 0.717) is 37.0 Å². The molecule has 3 atom stereocenters. The summed E-state index contributed by atoms with van der Waals surface area (Å²) < 4.78 is 11.1. The molecule has 4 nitrogen and oxygen atoms in total. The van der Waals surface area contributed by atoms with E-state index in [9.17, 15) is 4.79 Å². The number of ether oxygens (including phenoxy) is 2. The van der Waals surface area contributed by atoms with Gasteiger partial charge in [-0.25, -0.2) is 0 Å². The van der Waals surface area contributed by atoms with E-state index in [1.54, 1.807) is 0 Å². The fraction of sp³-hybridized carbons (Fsp3) is 0.632. The highest BCUT2D eigenvalue weighted by molar-refractivity contribution is 5.92. The minimum absolute atomic E-state index is 0.0946. The fourth-order valence-electron chi connectivity index (χ4n) is 4.21. The second-order valence-electron chi connectivity index (χ2n) is 6.71. The maximum atomic E-state index is 12.5. The van der Waals surface area contributed by atoms with Crippen LogP contribution in [0.4, 0.5) is 5.69 Å². The minimum atomic E-state index is 0.0946. The van der Waals surface area contributed by atoms with E-state index in [4.69, 9.17) is 9.47 Å². The first-order valence-corrected chi connectivity index (χ1v) is 8.89. The summed E-state index contributed by atoms with van der Waals surface area (Å²) >= 11 is 0. The van der Waals surface area contributed by atoms with Crippen molar-refractivity contribution in [2.45, 2.75) is 46.0 Å². The van der Waals surface area contributed by atoms with Crippen molar-refractivity contribution in [2.75, 3.05) is 18.5 Å². The maximum absolute atomic E-state index is 12.5. The van der Waals surface area contributed by atoms with Crippen LogP contribution in [-0.4, -0.2) is 19.1 Å². The summed E-state index contributed by atoms with van der Waals surface area (Å²) in [6.45, 7) is 5.07. The molecule has 0 radical (unpaired) electrons. The highest BCUT2D eigenvalue weighted by Gasteiger charge is 2.40. The van der Waals surface area contributed by atoms with Crippen LogP contribution in [0.1, 0.15) is 46.0 Å². The molecule has 1 N–H and O–H groups in total. The monoisotopic (exact) mass is 317 g/mol. The number of fused-ring (bicyclic) bond motifs is 2. The quantitative estimate of drug-likeness (QED) is 0.818. The van der Waals surface area contributed by atoms with Crippen LogP contribution in [0.3, 0.4) is 0 Å². The second kappa shape index (κ2) is 7.24. The Kier molecular flexibility index (Phi) is 5.09. The molecule has 126 valence electrons. The zero-order chi connectivity index (χ0) is 16.2. The number of amides is 1. The SMILES string of the molecule is CCOc1ccc(OCC)c(NC(=O)CC2CC3CCC2C3)c1. The number of rotatable bonds is 7. The number of hydrogen-bond donors (Lipinski definition) is 1. The Balaban J connectivity index is 1.65. The molecule has 2 aliphatic rings. The Morgan fingerprint density at radius 2 is 2.00 bits per heavy atom. The highest BCUT2D eigenvalue weighted by atomic mass is 16.5. The van der Waals surface area contributed by atoms with Gasteiger partial charge in [-0.2, -0.15) is 0 Å². The van der Waals surface area contributed by atoms with E-state index < -0.39 is 0 Å². The number of carbonyl (C=O) groups is 1. The summed E-state index contributed by atoms with van der Waals surface area (Å²) in [5.74, 6) is 3.77. The Morgan fingerprint density at radius 3 is 2.65 bits per heavy atom. The number of nitrogens with one attached hydrogen (secondary N) is 1. The zero-order valence-electron chi connectivity index (χ0n) is 14.1. The van der Waals surface area contributed by atoms with Crippen molar-refractivity contribution < 1.29 is 14.3 Å². The van der Waals surface area contributed by atoms with Crippen molar-refractivity contribution in [3.8, 4) is 11.5 Å².